The summed E-state index contributed by atoms with van der Waals surface area (Å²) in [6.07, 6.45) is 2.76. The molecule has 6 nitrogen and oxygen atoms in total. The quantitative estimate of drug-likeness (QED) is 0.792. The van der Waals surface area contributed by atoms with E-state index in [4.69, 9.17) is 4.98 Å². The second-order valence-electron chi connectivity index (χ2n) is 8.05. The summed E-state index contributed by atoms with van der Waals surface area (Å²) >= 11 is 0. The van der Waals surface area contributed by atoms with Crippen molar-refractivity contribution in [3.8, 4) is 0 Å². The number of aromatic nitrogens is 1. The predicted molar refractivity (Wildman–Crippen MR) is 114 cm³/mol. The number of hydrogen-bond donors (Lipinski definition) is 0. The number of nitrogens with zero attached hydrogens (tertiary/aromatic N) is 4. The molecule has 7 heteroatoms. The van der Waals surface area contributed by atoms with Gasteiger partial charge in [-0.3, -0.25) is 0 Å². The lowest BCUT2D eigenvalue weighted by Gasteiger charge is -2.26. The lowest BCUT2D eigenvalue weighted by Crippen LogP contribution is -2.44. The number of fused-ring (bicyclic) bond motifs is 1. The first kappa shape index (κ1) is 19.6. The Balaban J connectivity index is 1.58. The maximum atomic E-state index is 12.9. The summed E-state index contributed by atoms with van der Waals surface area (Å²) in [6, 6.07) is 6.44. The van der Waals surface area contributed by atoms with Gasteiger partial charge in [-0.05, 0) is 62.8 Å². The molecule has 2 aliphatic heterocycles. The molecule has 2 saturated heterocycles. The normalized spacial score (nSPS) is 20.0. The molecule has 28 heavy (non-hydrogen) atoms. The van der Waals surface area contributed by atoms with E-state index in [9.17, 15) is 8.42 Å². The Hall–Kier alpha value is -1.70. The van der Waals surface area contributed by atoms with E-state index in [2.05, 4.69) is 43.9 Å². The third-order valence-corrected chi connectivity index (χ3v) is 8.23. The molecular weight excluding hydrogens is 372 g/mol. The Labute approximate surface area is 168 Å². The van der Waals surface area contributed by atoms with Crippen molar-refractivity contribution in [3.05, 3.63) is 34.9 Å². The molecule has 2 aromatic rings. The van der Waals surface area contributed by atoms with E-state index in [1.807, 2.05) is 0 Å². The van der Waals surface area contributed by atoms with Gasteiger partial charge in [0.25, 0.3) is 10.2 Å². The van der Waals surface area contributed by atoms with E-state index in [1.54, 1.807) is 8.61 Å². The lowest BCUT2D eigenvalue weighted by atomic mass is 10.0. The predicted octanol–water partition coefficient (Wildman–Crippen LogP) is 3.01. The van der Waals surface area contributed by atoms with Crippen LogP contribution in [0.4, 0.5) is 5.82 Å². The fourth-order valence-corrected chi connectivity index (χ4v) is 6.00. The third-order valence-electron chi connectivity index (χ3n) is 6.20. The van der Waals surface area contributed by atoms with Gasteiger partial charge in [-0.15, -0.1) is 0 Å². The molecule has 0 unspecified atom stereocenters. The second kappa shape index (κ2) is 7.61. The first-order valence-electron chi connectivity index (χ1n) is 10.3. The molecule has 152 valence electrons. The highest BCUT2D eigenvalue weighted by atomic mass is 32.2. The average Bonchev–Trinajstić information content (AvgIpc) is 3.10. The van der Waals surface area contributed by atoms with Crippen molar-refractivity contribution in [3.63, 3.8) is 0 Å². The van der Waals surface area contributed by atoms with Crippen molar-refractivity contribution in [1.29, 1.82) is 0 Å². The summed E-state index contributed by atoms with van der Waals surface area (Å²) in [5.41, 5.74) is 4.74. The monoisotopic (exact) mass is 402 g/mol. The van der Waals surface area contributed by atoms with Crippen molar-refractivity contribution in [2.45, 2.75) is 40.0 Å². The van der Waals surface area contributed by atoms with Crippen molar-refractivity contribution in [2.24, 2.45) is 0 Å². The summed E-state index contributed by atoms with van der Waals surface area (Å²) in [6.45, 7) is 10.3. The number of rotatable bonds is 3. The molecule has 0 spiro atoms. The molecule has 0 atom stereocenters. The van der Waals surface area contributed by atoms with Crippen LogP contribution < -0.4 is 4.90 Å². The van der Waals surface area contributed by atoms with E-state index in [0.29, 0.717) is 32.7 Å². The highest BCUT2D eigenvalue weighted by Crippen LogP contribution is 2.27. The smallest absolute Gasteiger partial charge is 0.282 e. The Morgan fingerprint density at radius 1 is 0.821 bits per heavy atom. The fourth-order valence-electron chi connectivity index (χ4n) is 4.28. The lowest BCUT2D eigenvalue weighted by molar-refractivity contribution is 0.373. The van der Waals surface area contributed by atoms with Crippen LogP contribution in [0.15, 0.2) is 18.2 Å². The van der Waals surface area contributed by atoms with Crippen molar-refractivity contribution in [1.82, 2.24) is 13.6 Å². The number of anilines is 1. The topological polar surface area (TPSA) is 56.8 Å². The van der Waals surface area contributed by atoms with Crippen molar-refractivity contribution in [2.75, 3.05) is 44.2 Å². The number of hydrogen-bond acceptors (Lipinski definition) is 4. The number of pyridine rings is 1. The zero-order valence-corrected chi connectivity index (χ0v) is 17.9. The Kier molecular flexibility index (Phi) is 5.33. The molecule has 1 aromatic heterocycles. The Bertz CT molecular complexity index is 984. The van der Waals surface area contributed by atoms with Gasteiger partial charge in [0.2, 0.25) is 0 Å². The molecule has 2 fully saturated rings. The van der Waals surface area contributed by atoms with Crippen LogP contribution in [-0.4, -0.2) is 61.3 Å². The minimum atomic E-state index is -3.33. The van der Waals surface area contributed by atoms with E-state index >= 15 is 0 Å². The highest BCUT2D eigenvalue weighted by molar-refractivity contribution is 7.86. The summed E-state index contributed by atoms with van der Waals surface area (Å²) < 4.78 is 29.1. The van der Waals surface area contributed by atoms with Crippen molar-refractivity contribution >= 4 is 26.9 Å². The van der Waals surface area contributed by atoms with Gasteiger partial charge in [-0.2, -0.15) is 17.0 Å². The van der Waals surface area contributed by atoms with Crippen LogP contribution >= 0.6 is 0 Å². The molecule has 4 rings (SSSR count). The van der Waals surface area contributed by atoms with Gasteiger partial charge in [0.1, 0.15) is 5.82 Å². The molecule has 0 radical (unpaired) electrons. The SMILES string of the molecule is Cc1ccc2c(C)cc(N3CCCN(S(=O)(=O)N4CCCC4)CC3)nc2c1C. The van der Waals surface area contributed by atoms with Crippen LogP contribution in [0.2, 0.25) is 0 Å². The van der Waals surface area contributed by atoms with E-state index < -0.39 is 10.2 Å². The van der Waals surface area contributed by atoms with Crippen molar-refractivity contribution < 1.29 is 8.42 Å². The van der Waals surface area contributed by atoms with E-state index in [1.165, 1.54) is 22.1 Å². The zero-order valence-electron chi connectivity index (χ0n) is 17.1. The molecule has 1 aromatic carbocycles. The second-order valence-corrected chi connectivity index (χ2v) is 9.98. The molecule has 3 heterocycles. The molecule has 0 N–H and O–H groups in total. The maximum Gasteiger partial charge on any atom is 0.282 e. The first-order valence-corrected chi connectivity index (χ1v) is 11.7. The fraction of sp³-hybridized carbons (Fsp3) is 0.571. The summed E-state index contributed by atoms with van der Waals surface area (Å²) in [4.78, 5) is 7.22. The van der Waals surface area contributed by atoms with Gasteiger partial charge in [0.05, 0.1) is 5.52 Å². The molecular formula is C21H30N4O2S. The van der Waals surface area contributed by atoms with Crippen LogP contribution in [0.25, 0.3) is 10.9 Å². The minimum Gasteiger partial charge on any atom is -0.355 e. The summed E-state index contributed by atoms with van der Waals surface area (Å²) in [5.74, 6) is 0.958. The molecule has 0 bridgehead atoms. The van der Waals surface area contributed by atoms with Gasteiger partial charge >= 0.3 is 0 Å². The summed E-state index contributed by atoms with van der Waals surface area (Å²) in [5, 5.41) is 1.19. The first-order chi connectivity index (χ1) is 13.4. The number of benzene rings is 1. The molecule has 0 aliphatic carbocycles. The third kappa shape index (κ3) is 3.51. The van der Waals surface area contributed by atoms with Crippen LogP contribution in [-0.2, 0) is 10.2 Å². The highest BCUT2D eigenvalue weighted by Gasteiger charge is 2.32. The standard InChI is InChI=1S/C21H30N4O2S/c1-16-7-8-19-17(2)15-20(22-21(19)18(16)3)23-9-6-12-25(14-13-23)28(26,27)24-10-4-5-11-24/h7-8,15H,4-6,9-14H2,1-3H3. The van der Waals surface area contributed by atoms with Gasteiger partial charge in [-0.1, -0.05) is 12.1 Å². The molecule has 0 saturated carbocycles. The van der Waals surface area contributed by atoms with Crippen LogP contribution in [0.3, 0.4) is 0 Å². The van der Waals surface area contributed by atoms with E-state index in [0.717, 1.165) is 37.1 Å². The summed E-state index contributed by atoms with van der Waals surface area (Å²) in [7, 11) is -3.33. The van der Waals surface area contributed by atoms with Gasteiger partial charge in [0.15, 0.2) is 0 Å². The zero-order chi connectivity index (χ0) is 19.9. The maximum absolute atomic E-state index is 12.9. The average molecular weight is 403 g/mol. The van der Waals surface area contributed by atoms with E-state index in [-0.39, 0.29) is 0 Å². The molecule has 0 amide bonds. The van der Waals surface area contributed by atoms with Crippen LogP contribution in [0.1, 0.15) is 36.0 Å². The van der Waals surface area contributed by atoms with Crippen LogP contribution in [0, 0.1) is 20.8 Å². The van der Waals surface area contributed by atoms with Gasteiger partial charge in [0, 0.05) is 44.7 Å². The van der Waals surface area contributed by atoms with Crippen LogP contribution in [0.5, 0.6) is 0 Å². The largest absolute Gasteiger partial charge is 0.355 e. The van der Waals surface area contributed by atoms with Gasteiger partial charge in [-0.25, -0.2) is 4.98 Å². The molecule has 2 aliphatic rings. The Morgan fingerprint density at radius 2 is 1.50 bits per heavy atom. The number of aryl methyl sites for hydroxylation is 3. The van der Waals surface area contributed by atoms with Gasteiger partial charge < -0.3 is 4.90 Å². The minimum absolute atomic E-state index is 0.518. The Morgan fingerprint density at radius 3 is 2.25 bits per heavy atom.